The van der Waals surface area contributed by atoms with Gasteiger partial charge in [0.2, 0.25) is 0 Å². The van der Waals surface area contributed by atoms with Crippen LogP contribution >= 0.6 is 0 Å². The third-order valence-electron chi connectivity index (χ3n) is 3.15. The Balaban J connectivity index is 1.91. The van der Waals surface area contributed by atoms with E-state index in [2.05, 4.69) is 25.2 Å². The monoisotopic (exact) mass is 178 g/mol. The normalized spacial score (nSPS) is 34.4. The van der Waals surface area contributed by atoms with Gasteiger partial charge in [-0.15, -0.1) is 0 Å². The number of allylic oxidation sites excluding steroid dienone is 2. The van der Waals surface area contributed by atoms with Crippen molar-refractivity contribution in [2.75, 3.05) is 6.61 Å². The molecule has 1 aliphatic carbocycles. The lowest BCUT2D eigenvalue weighted by atomic mass is 9.84. The molecule has 0 saturated heterocycles. The van der Waals surface area contributed by atoms with Gasteiger partial charge in [-0.25, -0.2) is 0 Å². The molecule has 1 aliphatic heterocycles. The molecule has 0 bridgehead atoms. The summed E-state index contributed by atoms with van der Waals surface area (Å²) >= 11 is 0. The molecular weight excluding hydrogens is 160 g/mol. The summed E-state index contributed by atoms with van der Waals surface area (Å²) < 4.78 is 5.74. The van der Waals surface area contributed by atoms with E-state index in [0.29, 0.717) is 6.10 Å². The van der Waals surface area contributed by atoms with Crippen LogP contribution in [0.25, 0.3) is 0 Å². The fourth-order valence-corrected chi connectivity index (χ4v) is 2.20. The van der Waals surface area contributed by atoms with E-state index in [-0.39, 0.29) is 0 Å². The molecule has 0 aromatic rings. The Labute approximate surface area is 80.5 Å². The summed E-state index contributed by atoms with van der Waals surface area (Å²) in [6.45, 7) is 3.06. The first kappa shape index (κ1) is 9.01. The molecule has 0 fully saturated rings. The van der Waals surface area contributed by atoms with Crippen molar-refractivity contribution in [3.05, 3.63) is 23.8 Å². The highest BCUT2D eigenvalue weighted by atomic mass is 16.5. The van der Waals surface area contributed by atoms with Gasteiger partial charge in [-0.1, -0.05) is 23.8 Å². The van der Waals surface area contributed by atoms with E-state index in [9.17, 15) is 0 Å². The standard InChI is InChI=1S/C12H18O/c1-10-5-7-11(8-6-10)12-4-2-3-9-13-12/h2-3,5,11-12H,4,6-9H2,1H3. The molecule has 2 aliphatic rings. The van der Waals surface area contributed by atoms with Crippen LogP contribution in [0.15, 0.2) is 23.8 Å². The molecule has 2 rings (SSSR count). The molecule has 0 aromatic carbocycles. The van der Waals surface area contributed by atoms with Gasteiger partial charge in [-0.3, -0.25) is 0 Å². The Morgan fingerprint density at radius 2 is 2.23 bits per heavy atom. The van der Waals surface area contributed by atoms with Crippen LogP contribution < -0.4 is 0 Å². The lowest BCUT2D eigenvalue weighted by molar-refractivity contribution is 0.0202. The predicted octanol–water partition coefficient (Wildman–Crippen LogP) is 3.08. The summed E-state index contributed by atoms with van der Waals surface area (Å²) in [5, 5.41) is 0. The van der Waals surface area contributed by atoms with Crippen molar-refractivity contribution in [3.63, 3.8) is 0 Å². The van der Waals surface area contributed by atoms with Gasteiger partial charge in [0, 0.05) is 0 Å². The van der Waals surface area contributed by atoms with Crippen LogP contribution in [0, 0.1) is 5.92 Å². The number of ether oxygens (including phenoxy) is 1. The zero-order valence-electron chi connectivity index (χ0n) is 8.33. The Morgan fingerprint density at radius 1 is 1.31 bits per heavy atom. The van der Waals surface area contributed by atoms with Crippen molar-refractivity contribution >= 4 is 0 Å². The average molecular weight is 178 g/mol. The fraction of sp³-hybridized carbons (Fsp3) is 0.667. The van der Waals surface area contributed by atoms with Gasteiger partial charge < -0.3 is 4.74 Å². The van der Waals surface area contributed by atoms with Crippen LogP contribution in [0.1, 0.15) is 32.6 Å². The smallest absolute Gasteiger partial charge is 0.0651 e. The summed E-state index contributed by atoms with van der Waals surface area (Å²) in [7, 11) is 0. The van der Waals surface area contributed by atoms with Crippen molar-refractivity contribution in [2.24, 2.45) is 5.92 Å². The molecule has 1 heterocycles. The Bertz CT molecular complexity index is 227. The first-order valence-corrected chi connectivity index (χ1v) is 5.28. The molecule has 1 heteroatoms. The van der Waals surface area contributed by atoms with E-state index in [1.165, 1.54) is 19.3 Å². The number of hydrogen-bond acceptors (Lipinski definition) is 1. The van der Waals surface area contributed by atoms with Crippen molar-refractivity contribution in [3.8, 4) is 0 Å². The van der Waals surface area contributed by atoms with E-state index >= 15 is 0 Å². The van der Waals surface area contributed by atoms with Gasteiger partial charge in [-0.05, 0) is 38.5 Å². The molecule has 2 atom stereocenters. The van der Waals surface area contributed by atoms with Crippen molar-refractivity contribution in [1.29, 1.82) is 0 Å². The SMILES string of the molecule is CC1=CCC(C2CC=CCO2)CC1. The molecule has 0 radical (unpaired) electrons. The first-order chi connectivity index (χ1) is 6.36. The maximum absolute atomic E-state index is 5.74. The average Bonchev–Trinajstić information content (AvgIpc) is 2.20. The lowest BCUT2D eigenvalue weighted by Gasteiger charge is -2.30. The van der Waals surface area contributed by atoms with Crippen LogP contribution in [0.4, 0.5) is 0 Å². The van der Waals surface area contributed by atoms with Crippen molar-refractivity contribution < 1.29 is 4.74 Å². The third kappa shape index (κ3) is 2.22. The van der Waals surface area contributed by atoms with Gasteiger partial charge in [0.15, 0.2) is 0 Å². The lowest BCUT2D eigenvalue weighted by Crippen LogP contribution is -2.27. The van der Waals surface area contributed by atoms with E-state index in [4.69, 9.17) is 4.74 Å². The highest BCUT2D eigenvalue weighted by molar-refractivity contribution is 5.05. The molecule has 0 spiro atoms. The molecule has 0 aromatic heterocycles. The minimum atomic E-state index is 0.495. The Morgan fingerprint density at radius 3 is 2.85 bits per heavy atom. The molecule has 72 valence electrons. The third-order valence-corrected chi connectivity index (χ3v) is 3.15. The zero-order valence-corrected chi connectivity index (χ0v) is 8.33. The van der Waals surface area contributed by atoms with Crippen LogP contribution in [-0.4, -0.2) is 12.7 Å². The maximum Gasteiger partial charge on any atom is 0.0651 e. The Hall–Kier alpha value is -0.560. The number of rotatable bonds is 1. The Kier molecular flexibility index (Phi) is 2.84. The van der Waals surface area contributed by atoms with Gasteiger partial charge in [-0.2, -0.15) is 0 Å². The van der Waals surface area contributed by atoms with Crippen LogP contribution in [0.2, 0.25) is 0 Å². The summed E-state index contributed by atoms with van der Waals surface area (Å²) in [5.41, 5.74) is 1.56. The van der Waals surface area contributed by atoms with Gasteiger partial charge >= 0.3 is 0 Å². The highest BCUT2D eigenvalue weighted by Crippen LogP contribution is 2.29. The maximum atomic E-state index is 5.74. The summed E-state index contributed by atoms with van der Waals surface area (Å²) in [5.74, 6) is 0.772. The second-order valence-corrected chi connectivity index (χ2v) is 4.16. The quantitative estimate of drug-likeness (QED) is 0.561. The molecule has 0 saturated carbocycles. The molecule has 13 heavy (non-hydrogen) atoms. The molecule has 0 amide bonds. The summed E-state index contributed by atoms with van der Waals surface area (Å²) in [6.07, 6.45) is 12.2. The zero-order chi connectivity index (χ0) is 9.10. The fourth-order valence-electron chi connectivity index (χ4n) is 2.20. The minimum Gasteiger partial charge on any atom is -0.374 e. The van der Waals surface area contributed by atoms with Gasteiger partial charge in [0.25, 0.3) is 0 Å². The van der Waals surface area contributed by atoms with Crippen molar-refractivity contribution in [2.45, 2.75) is 38.7 Å². The van der Waals surface area contributed by atoms with Gasteiger partial charge in [0.1, 0.15) is 0 Å². The first-order valence-electron chi connectivity index (χ1n) is 5.28. The van der Waals surface area contributed by atoms with E-state index in [0.717, 1.165) is 18.9 Å². The molecule has 1 nitrogen and oxygen atoms in total. The van der Waals surface area contributed by atoms with Crippen LogP contribution in [0.3, 0.4) is 0 Å². The highest BCUT2D eigenvalue weighted by Gasteiger charge is 2.23. The molecular formula is C12H18O. The minimum absolute atomic E-state index is 0.495. The largest absolute Gasteiger partial charge is 0.374 e. The van der Waals surface area contributed by atoms with Gasteiger partial charge in [0.05, 0.1) is 12.7 Å². The molecule has 2 unspecified atom stereocenters. The number of hydrogen-bond donors (Lipinski definition) is 0. The van der Waals surface area contributed by atoms with Crippen molar-refractivity contribution in [1.82, 2.24) is 0 Å². The van der Waals surface area contributed by atoms with Crippen LogP contribution in [-0.2, 0) is 4.74 Å². The summed E-state index contributed by atoms with van der Waals surface area (Å²) in [4.78, 5) is 0. The molecule has 0 N–H and O–H groups in total. The van der Waals surface area contributed by atoms with Crippen LogP contribution in [0.5, 0.6) is 0 Å². The second-order valence-electron chi connectivity index (χ2n) is 4.16. The second kappa shape index (κ2) is 4.10. The van der Waals surface area contributed by atoms with E-state index in [1.54, 1.807) is 5.57 Å². The summed E-state index contributed by atoms with van der Waals surface area (Å²) in [6, 6.07) is 0. The van der Waals surface area contributed by atoms with E-state index < -0.39 is 0 Å². The van der Waals surface area contributed by atoms with E-state index in [1.807, 2.05) is 0 Å². The predicted molar refractivity (Wildman–Crippen MR) is 54.6 cm³/mol. The topological polar surface area (TPSA) is 9.23 Å².